The minimum atomic E-state index is -0.389. The van der Waals surface area contributed by atoms with Gasteiger partial charge >= 0.3 is 5.97 Å². The maximum Gasteiger partial charge on any atom is 0.330 e. The number of anilines is 3. The van der Waals surface area contributed by atoms with Gasteiger partial charge in [-0.25, -0.2) is 4.79 Å². The standard InChI is InChI=1S/C22H22N4O4S2/c1-3-30-20(28)13-10-15-8-11-16(12-9-15)23-19(27)14-31-22-26-25-21(32-22)24-17-6-4-5-7-18(17)29-2/h4-13H,3,14H2,1-2H3,(H,23,27)(H,24,25)/b13-10+. The normalized spacial score (nSPS) is 10.7. The Labute approximate surface area is 194 Å². The van der Waals surface area contributed by atoms with Crippen molar-refractivity contribution in [1.29, 1.82) is 0 Å². The number of aromatic nitrogens is 2. The Morgan fingerprint density at radius 3 is 2.66 bits per heavy atom. The fourth-order valence-corrected chi connectivity index (χ4v) is 4.10. The third-order valence-electron chi connectivity index (χ3n) is 3.97. The minimum Gasteiger partial charge on any atom is -0.495 e. The van der Waals surface area contributed by atoms with E-state index in [1.54, 1.807) is 44.4 Å². The molecule has 0 saturated carbocycles. The number of para-hydroxylation sites is 2. The molecule has 0 fully saturated rings. The van der Waals surface area contributed by atoms with Gasteiger partial charge in [0.2, 0.25) is 11.0 Å². The highest BCUT2D eigenvalue weighted by molar-refractivity contribution is 8.01. The van der Waals surface area contributed by atoms with Crippen molar-refractivity contribution < 1.29 is 19.1 Å². The van der Waals surface area contributed by atoms with E-state index in [1.165, 1.54) is 29.2 Å². The highest BCUT2D eigenvalue weighted by atomic mass is 32.2. The number of carbonyl (C=O) groups excluding carboxylic acids is 2. The number of nitrogens with zero attached hydrogens (tertiary/aromatic N) is 2. The molecule has 3 aromatic rings. The fraction of sp³-hybridized carbons (Fsp3) is 0.182. The molecular formula is C22H22N4O4S2. The third kappa shape index (κ3) is 7.10. The summed E-state index contributed by atoms with van der Waals surface area (Å²) in [5, 5.41) is 14.8. The van der Waals surface area contributed by atoms with E-state index in [1.807, 2.05) is 24.3 Å². The highest BCUT2D eigenvalue weighted by Gasteiger charge is 2.10. The van der Waals surface area contributed by atoms with Crippen LogP contribution in [0.15, 0.2) is 58.9 Å². The van der Waals surface area contributed by atoms with E-state index in [0.29, 0.717) is 27.5 Å². The molecule has 10 heteroatoms. The second-order valence-electron chi connectivity index (χ2n) is 6.24. The molecule has 1 heterocycles. The highest BCUT2D eigenvalue weighted by Crippen LogP contribution is 2.31. The average molecular weight is 471 g/mol. The number of thioether (sulfide) groups is 1. The molecule has 8 nitrogen and oxygen atoms in total. The number of esters is 1. The summed E-state index contributed by atoms with van der Waals surface area (Å²) in [4.78, 5) is 23.6. The van der Waals surface area contributed by atoms with Crippen LogP contribution in [0.4, 0.5) is 16.5 Å². The van der Waals surface area contributed by atoms with Gasteiger partial charge in [-0.05, 0) is 42.8 Å². The Balaban J connectivity index is 1.47. The molecule has 32 heavy (non-hydrogen) atoms. The Morgan fingerprint density at radius 1 is 1.12 bits per heavy atom. The Bertz CT molecular complexity index is 1080. The van der Waals surface area contributed by atoms with Crippen LogP contribution in [0, 0.1) is 0 Å². The van der Waals surface area contributed by atoms with Gasteiger partial charge in [-0.3, -0.25) is 4.79 Å². The second-order valence-corrected chi connectivity index (χ2v) is 8.44. The number of amides is 1. The predicted molar refractivity (Wildman–Crippen MR) is 128 cm³/mol. The van der Waals surface area contributed by atoms with Crippen molar-refractivity contribution in [3.63, 3.8) is 0 Å². The molecule has 3 rings (SSSR count). The van der Waals surface area contributed by atoms with Crippen LogP contribution in [0.25, 0.3) is 6.08 Å². The molecule has 0 aliphatic heterocycles. The molecule has 1 aromatic heterocycles. The first kappa shape index (κ1) is 23.3. The van der Waals surface area contributed by atoms with Gasteiger partial charge in [-0.1, -0.05) is 47.4 Å². The van der Waals surface area contributed by atoms with Crippen molar-refractivity contribution in [1.82, 2.24) is 10.2 Å². The van der Waals surface area contributed by atoms with Crippen molar-refractivity contribution in [2.75, 3.05) is 30.1 Å². The van der Waals surface area contributed by atoms with Gasteiger partial charge in [0.15, 0.2) is 4.34 Å². The van der Waals surface area contributed by atoms with Crippen LogP contribution >= 0.6 is 23.1 Å². The third-order valence-corrected chi connectivity index (χ3v) is 5.95. The summed E-state index contributed by atoms with van der Waals surface area (Å²) in [5.41, 5.74) is 2.29. The molecule has 0 saturated heterocycles. The zero-order valence-corrected chi connectivity index (χ0v) is 19.2. The lowest BCUT2D eigenvalue weighted by Crippen LogP contribution is -2.13. The van der Waals surface area contributed by atoms with Crippen molar-refractivity contribution in [3.05, 3.63) is 60.2 Å². The molecular weight excluding hydrogens is 448 g/mol. The van der Waals surface area contributed by atoms with Crippen LogP contribution in [-0.2, 0) is 14.3 Å². The van der Waals surface area contributed by atoms with E-state index in [9.17, 15) is 9.59 Å². The van der Waals surface area contributed by atoms with E-state index in [-0.39, 0.29) is 17.6 Å². The minimum absolute atomic E-state index is 0.153. The van der Waals surface area contributed by atoms with Crippen molar-refractivity contribution >= 4 is 57.6 Å². The van der Waals surface area contributed by atoms with Crippen LogP contribution in [0.1, 0.15) is 12.5 Å². The lowest BCUT2D eigenvalue weighted by Gasteiger charge is -2.07. The van der Waals surface area contributed by atoms with Crippen LogP contribution in [0.5, 0.6) is 5.75 Å². The van der Waals surface area contributed by atoms with Gasteiger partial charge in [0, 0.05) is 11.8 Å². The summed E-state index contributed by atoms with van der Waals surface area (Å²) < 4.78 is 10.8. The molecule has 0 radical (unpaired) electrons. The predicted octanol–water partition coefficient (Wildman–Crippen LogP) is 4.60. The summed E-state index contributed by atoms with van der Waals surface area (Å²) in [6.45, 7) is 2.09. The molecule has 166 valence electrons. The van der Waals surface area contributed by atoms with E-state index in [2.05, 4.69) is 20.8 Å². The molecule has 2 N–H and O–H groups in total. The number of rotatable bonds is 10. The van der Waals surface area contributed by atoms with Crippen molar-refractivity contribution in [2.45, 2.75) is 11.3 Å². The number of ether oxygens (including phenoxy) is 2. The lowest BCUT2D eigenvalue weighted by molar-refractivity contribution is -0.137. The number of nitrogens with one attached hydrogen (secondary N) is 2. The molecule has 0 spiro atoms. The zero-order chi connectivity index (χ0) is 22.8. The first-order valence-electron chi connectivity index (χ1n) is 9.68. The molecule has 0 aliphatic carbocycles. The first-order valence-corrected chi connectivity index (χ1v) is 11.5. The van der Waals surface area contributed by atoms with Gasteiger partial charge in [-0.2, -0.15) is 0 Å². The Kier molecular flexibility index (Phi) is 8.64. The first-order chi connectivity index (χ1) is 15.6. The molecule has 0 unspecified atom stereocenters. The van der Waals surface area contributed by atoms with Gasteiger partial charge in [0.05, 0.1) is 25.2 Å². The number of methoxy groups -OCH3 is 1. The smallest absolute Gasteiger partial charge is 0.330 e. The maximum atomic E-state index is 12.3. The van der Waals surface area contributed by atoms with E-state index >= 15 is 0 Å². The molecule has 0 bridgehead atoms. The summed E-state index contributed by atoms with van der Waals surface area (Å²) >= 11 is 2.66. The maximum absolute atomic E-state index is 12.3. The number of benzene rings is 2. The number of carbonyl (C=O) groups is 2. The van der Waals surface area contributed by atoms with Crippen molar-refractivity contribution in [3.8, 4) is 5.75 Å². The van der Waals surface area contributed by atoms with Gasteiger partial charge in [-0.15, -0.1) is 10.2 Å². The van der Waals surface area contributed by atoms with E-state index in [0.717, 1.165) is 11.3 Å². The Morgan fingerprint density at radius 2 is 1.91 bits per heavy atom. The zero-order valence-electron chi connectivity index (χ0n) is 17.5. The lowest BCUT2D eigenvalue weighted by atomic mass is 10.2. The Hall–Kier alpha value is -3.37. The summed E-state index contributed by atoms with van der Waals surface area (Å²) in [6, 6.07) is 14.7. The quantitative estimate of drug-likeness (QED) is 0.252. The van der Waals surface area contributed by atoms with Crippen LogP contribution in [-0.4, -0.2) is 41.5 Å². The average Bonchev–Trinajstić information content (AvgIpc) is 3.25. The van der Waals surface area contributed by atoms with E-state index < -0.39 is 0 Å². The summed E-state index contributed by atoms with van der Waals surface area (Å²) in [7, 11) is 1.61. The molecule has 2 aromatic carbocycles. The fourth-order valence-electron chi connectivity index (χ4n) is 2.54. The van der Waals surface area contributed by atoms with Gasteiger partial charge < -0.3 is 20.1 Å². The molecule has 1 amide bonds. The summed E-state index contributed by atoms with van der Waals surface area (Å²) in [6.07, 6.45) is 3.03. The number of hydrogen-bond donors (Lipinski definition) is 2. The number of hydrogen-bond acceptors (Lipinski definition) is 9. The topological polar surface area (TPSA) is 102 Å². The van der Waals surface area contributed by atoms with Crippen LogP contribution in [0.3, 0.4) is 0 Å². The van der Waals surface area contributed by atoms with Crippen molar-refractivity contribution in [2.24, 2.45) is 0 Å². The molecule has 0 atom stereocenters. The SMILES string of the molecule is CCOC(=O)/C=C/c1ccc(NC(=O)CSc2nnc(Nc3ccccc3OC)s2)cc1. The monoisotopic (exact) mass is 470 g/mol. The second kappa shape index (κ2) is 11.9. The van der Waals surface area contributed by atoms with Crippen LogP contribution in [0.2, 0.25) is 0 Å². The summed E-state index contributed by atoms with van der Waals surface area (Å²) in [5.74, 6) is 0.367. The molecule has 0 aliphatic rings. The van der Waals surface area contributed by atoms with Crippen LogP contribution < -0.4 is 15.4 Å². The van der Waals surface area contributed by atoms with E-state index in [4.69, 9.17) is 9.47 Å². The van der Waals surface area contributed by atoms with Gasteiger partial charge in [0.25, 0.3) is 0 Å². The largest absolute Gasteiger partial charge is 0.495 e. The van der Waals surface area contributed by atoms with Gasteiger partial charge in [0.1, 0.15) is 5.75 Å².